The van der Waals surface area contributed by atoms with E-state index >= 15 is 0 Å². The summed E-state index contributed by atoms with van der Waals surface area (Å²) in [4.78, 5) is 11.6. The Kier molecular flexibility index (Phi) is 4.29. The van der Waals surface area contributed by atoms with Crippen molar-refractivity contribution in [3.63, 3.8) is 0 Å². The minimum Gasteiger partial charge on any atom is -0.489 e. The first-order valence-corrected chi connectivity index (χ1v) is 7.89. The highest BCUT2D eigenvalue weighted by atomic mass is 79.9. The molecule has 0 saturated heterocycles. The molecular weight excluding hydrogens is 344 g/mol. The maximum absolute atomic E-state index is 11.6. The van der Waals surface area contributed by atoms with E-state index in [1.807, 2.05) is 43.3 Å². The van der Waals surface area contributed by atoms with Crippen molar-refractivity contribution >= 4 is 26.9 Å². The lowest BCUT2D eigenvalue weighted by Crippen LogP contribution is -2.01. The molecule has 0 atom stereocenters. The van der Waals surface area contributed by atoms with Crippen LogP contribution in [0.2, 0.25) is 0 Å². The van der Waals surface area contributed by atoms with Gasteiger partial charge in [-0.25, -0.2) is 4.79 Å². The number of hydrogen-bond donors (Lipinski definition) is 0. The molecule has 3 rings (SSSR count). The maximum atomic E-state index is 11.6. The van der Waals surface area contributed by atoms with Gasteiger partial charge in [-0.3, -0.25) is 0 Å². The monoisotopic (exact) mass is 358 g/mol. The van der Waals surface area contributed by atoms with E-state index in [-0.39, 0.29) is 5.63 Å². The van der Waals surface area contributed by atoms with Crippen LogP contribution < -0.4 is 10.4 Å². The van der Waals surface area contributed by atoms with Gasteiger partial charge in [0.1, 0.15) is 17.9 Å². The van der Waals surface area contributed by atoms with Crippen molar-refractivity contribution in [3.8, 4) is 5.75 Å². The number of hydrogen-bond acceptors (Lipinski definition) is 3. The summed E-state index contributed by atoms with van der Waals surface area (Å²) in [5, 5.41) is 0.954. The molecule has 0 aliphatic rings. The fraction of sp³-hybridized carbons (Fsp3) is 0.167. The van der Waals surface area contributed by atoms with Gasteiger partial charge in [-0.1, -0.05) is 41.1 Å². The second-order valence-electron chi connectivity index (χ2n) is 4.98. The average molecular weight is 359 g/mol. The summed E-state index contributed by atoms with van der Waals surface area (Å²) in [6.07, 6.45) is 0.791. The van der Waals surface area contributed by atoms with E-state index in [0.29, 0.717) is 17.9 Å². The number of ether oxygens (including phenoxy) is 1. The van der Waals surface area contributed by atoms with Crippen LogP contribution in [0.5, 0.6) is 5.75 Å². The third kappa shape index (κ3) is 3.07. The van der Waals surface area contributed by atoms with E-state index in [2.05, 4.69) is 15.9 Å². The third-order valence-corrected chi connectivity index (χ3v) is 4.31. The molecule has 3 aromatic rings. The van der Waals surface area contributed by atoms with E-state index in [1.165, 1.54) is 0 Å². The van der Waals surface area contributed by atoms with Crippen LogP contribution in [0.15, 0.2) is 62.2 Å². The summed E-state index contributed by atoms with van der Waals surface area (Å²) in [5.74, 6) is 0.680. The molecule has 0 bridgehead atoms. The van der Waals surface area contributed by atoms with Gasteiger partial charge in [0.25, 0.3) is 0 Å². The summed E-state index contributed by atoms with van der Waals surface area (Å²) >= 11 is 3.50. The second kappa shape index (κ2) is 6.36. The van der Waals surface area contributed by atoms with Gasteiger partial charge < -0.3 is 9.15 Å². The predicted molar refractivity (Wildman–Crippen MR) is 90.3 cm³/mol. The highest BCUT2D eigenvalue weighted by Crippen LogP contribution is 2.24. The smallest absolute Gasteiger partial charge is 0.336 e. The van der Waals surface area contributed by atoms with Crippen molar-refractivity contribution in [1.29, 1.82) is 0 Å². The fourth-order valence-corrected chi connectivity index (χ4v) is 2.77. The molecular formula is C18H15BrO3. The quantitative estimate of drug-likeness (QED) is 0.634. The SMILES string of the molecule is CCc1cc(=O)oc2cc(OCc3ccccc3Br)ccc12. The summed E-state index contributed by atoms with van der Waals surface area (Å²) in [7, 11) is 0. The van der Waals surface area contributed by atoms with E-state index in [1.54, 1.807) is 12.1 Å². The average Bonchev–Trinajstić information content (AvgIpc) is 2.53. The summed E-state index contributed by atoms with van der Waals surface area (Å²) in [6.45, 7) is 2.47. The van der Waals surface area contributed by atoms with E-state index in [0.717, 1.165) is 27.4 Å². The molecule has 0 unspecified atom stereocenters. The molecule has 0 aliphatic heterocycles. The molecule has 1 aromatic heterocycles. The van der Waals surface area contributed by atoms with Crippen LogP contribution in [-0.2, 0) is 13.0 Å². The molecule has 2 aromatic carbocycles. The minimum atomic E-state index is -0.327. The molecule has 112 valence electrons. The van der Waals surface area contributed by atoms with Gasteiger partial charge in [0, 0.05) is 27.6 Å². The molecule has 0 aliphatic carbocycles. The van der Waals surface area contributed by atoms with Crippen LogP contribution in [0.1, 0.15) is 18.1 Å². The van der Waals surface area contributed by atoms with Crippen molar-refractivity contribution in [2.75, 3.05) is 0 Å². The van der Waals surface area contributed by atoms with E-state index in [4.69, 9.17) is 9.15 Å². The first kappa shape index (κ1) is 14.9. The van der Waals surface area contributed by atoms with E-state index in [9.17, 15) is 4.79 Å². The van der Waals surface area contributed by atoms with Gasteiger partial charge in [0.15, 0.2) is 0 Å². The molecule has 0 saturated carbocycles. The summed E-state index contributed by atoms with van der Waals surface area (Å²) in [5.41, 5.74) is 2.29. The molecule has 0 fully saturated rings. The molecule has 3 nitrogen and oxygen atoms in total. The van der Waals surface area contributed by atoms with Gasteiger partial charge in [-0.15, -0.1) is 0 Å². The number of aryl methyl sites for hydroxylation is 1. The zero-order chi connectivity index (χ0) is 15.5. The van der Waals surface area contributed by atoms with Crippen LogP contribution in [0.4, 0.5) is 0 Å². The molecule has 22 heavy (non-hydrogen) atoms. The lowest BCUT2D eigenvalue weighted by molar-refractivity contribution is 0.305. The Labute approximate surface area is 136 Å². The normalized spacial score (nSPS) is 10.8. The van der Waals surface area contributed by atoms with Crippen molar-refractivity contribution < 1.29 is 9.15 Å². The number of rotatable bonds is 4. The maximum Gasteiger partial charge on any atom is 0.336 e. The first-order chi connectivity index (χ1) is 10.7. The lowest BCUT2D eigenvalue weighted by atomic mass is 10.1. The highest BCUT2D eigenvalue weighted by molar-refractivity contribution is 9.10. The third-order valence-electron chi connectivity index (χ3n) is 3.53. The minimum absolute atomic E-state index is 0.327. The molecule has 4 heteroatoms. The Morgan fingerprint density at radius 3 is 2.68 bits per heavy atom. The lowest BCUT2D eigenvalue weighted by Gasteiger charge is -2.09. The van der Waals surface area contributed by atoms with Crippen molar-refractivity contribution in [1.82, 2.24) is 0 Å². The number of benzene rings is 2. The van der Waals surface area contributed by atoms with Crippen LogP contribution in [0.25, 0.3) is 11.0 Å². The van der Waals surface area contributed by atoms with Crippen molar-refractivity contribution in [3.05, 3.63) is 74.6 Å². The van der Waals surface area contributed by atoms with E-state index < -0.39 is 0 Å². The van der Waals surface area contributed by atoms with Gasteiger partial charge in [0.05, 0.1) is 0 Å². The summed E-state index contributed by atoms with van der Waals surface area (Å²) in [6, 6.07) is 15.1. The Balaban J connectivity index is 1.89. The van der Waals surface area contributed by atoms with Crippen LogP contribution in [0, 0.1) is 0 Å². The van der Waals surface area contributed by atoms with Gasteiger partial charge >= 0.3 is 5.63 Å². The van der Waals surface area contributed by atoms with Crippen LogP contribution in [0.3, 0.4) is 0 Å². The second-order valence-corrected chi connectivity index (χ2v) is 5.84. The molecule has 0 N–H and O–H groups in total. The van der Waals surface area contributed by atoms with Crippen LogP contribution >= 0.6 is 15.9 Å². The Bertz CT molecular complexity index is 868. The van der Waals surface area contributed by atoms with Gasteiger partial charge in [-0.2, -0.15) is 0 Å². The van der Waals surface area contributed by atoms with Crippen molar-refractivity contribution in [2.45, 2.75) is 20.0 Å². The standard InChI is InChI=1S/C18H15BrO3/c1-2-12-9-18(20)22-17-10-14(7-8-15(12)17)21-11-13-5-3-4-6-16(13)19/h3-10H,2,11H2,1H3. The fourth-order valence-electron chi connectivity index (χ4n) is 2.37. The Morgan fingerprint density at radius 2 is 1.91 bits per heavy atom. The molecule has 0 amide bonds. The van der Waals surface area contributed by atoms with Crippen molar-refractivity contribution in [2.24, 2.45) is 0 Å². The largest absolute Gasteiger partial charge is 0.489 e. The zero-order valence-electron chi connectivity index (χ0n) is 12.1. The molecule has 0 radical (unpaired) electrons. The Hall–Kier alpha value is -2.07. The first-order valence-electron chi connectivity index (χ1n) is 7.10. The van der Waals surface area contributed by atoms with Gasteiger partial charge in [0.2, 0.25) is 0 Å². The predicted octanol–water partition coefficient (Wildman–Crippen LogP) is 4.70. The Morgan fingerprint density at radius 1 is 1.09 bits per heavy atom. The topological polar surface area (TPSA) is 39.4 Å². The molecule has 0 spiro atoms. The zero-order valence-corrected chi connectivity index (χ0v) is 13.7. The number of halogens is 1. The summed E-state index contributed by atoms with van der Waals surface area (Å²) < 4.78 is 12.1. The highest BCUT2D eigenvalue weighted by Gasteiger charge is 2.06. The molecule has 1 heterocycles. The number of fused-ring (bicyclic) bond motifs is 1. The van der Waals surface area contributed by atoms with Crippen LogP contribution in [-0.4, -0.2) is 0 Å². The van der Waals surface area contributed by atoms with Gasteiger partial charge in [-0.05, 0) is 30.2 Å².